The van der Waals surface area contributed by atoms with Crippen LogP contribution in [0.3, 0.4) is 0 Å². The number of benzene rings is 1. The Balaban J connectivity index is 2.18. The second-order valence-corrected chi connectivity index (χ2v) is 7.27. The monoisotopic (exact) mass is 390 g/mol. The third kappa shape index (κ3) is 2.90. The molecule has 26 heavy (non-hydrogen) atoms. The van der Waals surface area contributed by atoms with E-state index in [9.17, 15) is 14.7 Å². The number of ether oxygens (including phenoxy) is 1. The van der Waals surface area contributed by atoms with Gasteiger partial charge in [0.05, 0.1) is 18.0 Å². The normalized spacial score (nSPS) is 25.5. The summed E-state index contributed by atoms with van der Waals surface area (Å²) in [6.07, 6.45) is 0. The second-order valence-electron chi connectivity index (χ2n) is 5.93. The molecule has 8 heteroatoms. The Kier molecular flexibility index (Phi) is 5.08. The number of carbonyl (C=O) groups is 2. The molecule has 1 fully saturated rings. The van der Waals surface area contributed by atoms with Crippen molar-refractivity contribution in [2.75, 3.05) is 14.2 Å². The first-order valence-corrected chi connectivity index (χ1v) is 9.17. The molecule has 136 valence electrons. The average molecular weight is 390 g/mol. The van der Waals surface area contributed by atoms with Crippen LogP contribution in [0.5, 0.6) is 0 Å². The molecule has 2 N–H and O–H groups in total. The highest BCUT2D eigenvalue weighted by molar-refractivity contribution is 7.80. The maximum absolute atomic E-state index is 13.3. The van der Waals surface area contributed by atoms with Gasteiger partial charge >= 0.3 is 5.97 Å². The summed E-state index contributed by atoms with van der Waals surface area (Å²) in [6, 6.07) is 11.9. The zero-order chi connectivity index (χ0) is 18.9. The first-order chi connectivity index (χ1) is 12.4. The first-order valence-electron chi connectivity index (χ1n) is 7.89. The standard InChI is InChI=1S/C18H18N2O4S2/c1-20-17(25)19-14(11-7-4-3-5-8-11)13(18(20,23)16(22)24-2)15(21)12-9-6-10-26-12/h3-10,13-14,23H,1-2H3,(H,19,25). The maximum atomic E-state index is 13.3. The second kappa shape index (κ2) is 7.14. The highest BCUT2D eigenvalue weighted by Crippen LogP contribution is 2.40. The highest BCUT2D eigenvalue weighted by atomic mass is 32.1. The van der Waals surface area contributed by atoms with Crippen LogP contribution in [-0.4, -0.2) is 46.8 Å². The van der Waals surface area contributed by atoms with Gasteiger partial charge in [0.15, 0.2) is 10.9 Å². The van der Waals surface area contributed by atoms with Gasteiger partial charge in [-0.1, -0.05) is 36.4 Å². The number of hydrogen-bond acceptors (Lipinski definition) is 6. The molecule has 0 bridgehead atoms. The smallest absolute Gasteiger partial charge is 0.360 e. The molecule has 3 unspecified atom stereocenters. The van der Waals surface area contributed by atoms with Crippen LogP contribution in [0.25, 0.3) is 0 Å². The largest absolute Gasteiger partial charge is 0.465 e. The molecule has 0 radical (unpaired) electrons. The van der Waals surface area contributed by atoms with E-state index in [1.807, 2.05) is 30.3 Å². The Hall–Kier alpha value is -2.29. The molecule has 2 heterocycles. The maximum Gasteiger partial charge on any atom is 0.360 e. The minimum Gasteiger partial charge on any atom is -0.465 e. The van der Waals surface area contributed by atoms with E-state index in [0.29, 0.717) is 4.88 Å². The van der Waals surface area contributed by atoms with Crippen LogP contribution < -0.4 is 5.32 Å². The van der Waals surface area contributed by atoms with Crippen molar-refractivity contribution in [2.24, 2.45) is 5.92 Å². The Morgan fingerprint density at radius 2 is 1.96 bits per heavy atom. The number of hydrogen-bond donors (Lipinski definition) is 2. The molecular weight excluding hydrogens is 372 g/mol. The number of nitrogens with one attached hydrogen (secondary N) is 1. The van der Waals surface area contributed by atoms with Gasteiger partial charge in [0.25, 0.3) is 5.72 Å². The van der Waals surface area contributed by atoms with E-state index in [0.717, 1.165) is 5.56 Å². The summed E-state index contributed by atoms with van der Waals surface area (Å²) < 4.78 is 4.83. The van der Waals surface area contributed by atoms with Crippen LogP contribution in [0.4, 0.5) is 0 Å². The number of likely N-dealkylation sites (N-methyl/N-ethyl adjacent to an activating group) is 1. The summed E-state index contributed by atoms with van der Waals surface area (Å²) >= 11 is 6.55. The fraction of sp³-hybridized carbons (Fsp3) is 0.278. The Labute approximate surface area is 160 Å². The number of ketones is 1. The van der Waals surface area contributed by atoms with Crippen molar-refractivity contribution in [3.05, 3.63) is 58.3 Å². The third-order valence-electron chi connectivity index (χ3n) is 4.55. The van der Waals surface area contributed by atoms with Gasteiger partial charge in [-0.15, -0.1) is 11.3 Å². The number of esters is 1. The average Bonchev–Trinajstić information content (AvgIpc) is 3.20. The fourth-order valence-electron chi connectivity index (χ4n) is 3.17. The van der Waals surface area contributed by atoms with Gasteiger partial charge in [0.1, 0.15) is 5.92 Å². The van der Waals surface area contributed by atoms with Crippen molar-refractivity contribution in [3.8, 4) is 0 Å². The number of methoxy groups -OCH3 is 1. The van der Waals surface area contributed by atoms with Crippen LogP contribution in [0.15, 0.2) is 47.8 Å². The lowest BCUT2D eigenvalue weighted by atomic mass is 9.78. The summed E-state index contributed by atoms with van der Waals surface area (Å²) in [6.45, 7) is 0. The molecule has 0 amide bonds. The lowest BCUT2D eigenvalue weighted by molar-refractivity contribution is -0.188. The summed E-state index contributed by atoms with van der Waals surface area (Å²) in [5.74, 6) is -2.43. The first kappa shape index (κ1) is 18.5. The van der Waals surface area contributed by atoms with Crippen molar-refractivity contribution < 1.29 is 19.4 Å². The lowest BCUT2D eigenvalue weighted by Crippen LogP contribution is -2.70. The van der Waals surface area contributed by atoms with Crippen LogP contribution in [0.2, 0.25) is 0 Å². The molecule has 1 aromatic carbocycles. The van der Waals surface area contributed by atoms with Gasteiger partial charge in [0, 0.05) is 7.05 Å². The molecule has 2 aromatic rings. The molecule has 1 aromatic heterocycles. The van der Waals surface area contributed by atoms with Gasteiger partial charge < -0.3 is 20.1 Å². The third-order valence-corrected chi connectivity index (χ3v) is 5.83. The van der Waals surface area contributed by atoms with E-state index in [2.05, 4.69) is 5.32 Å². The zero-order valence-corrected chi connectivity index (χ0v) is 15.8. The number of rotatable bonds is 4. The molecule has 0 aliphatic carbocycles. The van der Waals surface area contributed by atoms with Gasteiger partial charge in [-0.2, -0.15) is 0 Å². The topological polar surface area (TPSA) is 78.9 Å². The quantitative estimate of drug-likeness (QED) is 0.469. The van der Waals surface area contributed by atoms with Crippen molar-refractivity contribution in [3.63, 3.8) is 0 Å². The molecule has 1 aliphatic rings. The van der Waals surface area contributed by atoms with E-state index in [4.69, 9.17) is 17.0 Å². The summed E-state index contributed by atoms with van der Waals surface area (Å²) in [7, 11) is 2.63. The van der Waals surface area contributed by atoms with Crippen LogP contribution in [0, 0.1) is 5.92 Å². The zero-order valence-electron chi connectivity index (χ0n) is 14.2. The van der Waals surface area contributed by atoms with Crippen molar-refractivity contribution >= 4 is 40.4 Å². The van der Waals surface area contributed by atoms with Gasteiger partial charge in [-0.3, -0.25) is 4.79 Å². The van der Waals surface area contributed by atoms with Crippen molar-refractivity contribution in [2.45, 2.75) is 11.8 Å². The molecule has 3 rings (SSSR count). The highest BCUT2D eigenvalue weighted by Gasteiger charge is 2.59. The number of aliphatic hydroxyl groups is 1. The van der Waals surface area contributed by atoms with Crippen LogP contribution in [-0.2, 0) is 9.53 Å². The summed E-state index contributed by atoms with van der Waals surface area (Å²) in [4.78, 5) is 27.5. The van der Waals surface area contributed by atoms with E-state index in [1.165, 1.54) is 30.4 Å². The molecule has 0 spiro atoms. The Morgan fingerprint density at radius 3 is 2.54 bits per heavy atom. The molecule has 0 saturated carbocycles. The predicted molar refractivity (Wildman–Crippen MR) is 102 cm³/mol. The van der Waals surface area contributed by atoms with Crippen molar-refractivity contribution in [1.82, 2.24) is 10.2 Å². The van der Waals surface area contributed by atoms with Crippen LogP contribution >= 0.6 is 23.6 Å². The van der Waals surface area contributed by atoms with Crippen LogP contribution in [0.1, 0.15) is 21.3 Å². The minimum atomic E-state index is -2.22. The van der Waals surface area contributed by atoms with Gasteiger partial charge in [-0.25, -0.2) is 4.79 Å². The fourth-order valence-corrected chi connectivity index (χ4v) is 4.14. The number of thiophene rings is 1. The van der Waals surface area contributed by atoms with Crippen molar-refractivity contribution in [1.29, 1.82) is 0 Å². The van der Waals surface area contributed by atoms with Gasteiger partial charge in [0.2, 0.25) is 0 Å². The van der Waals surface area contributed by atoms with E-state index in [1.54, 1.807) is 17.5 Å². The Bertz CT molecular complexity index is 825. The van der Waals surface area contributed by atoms with E-state index >= 15 is 0 Å². The SMILES string of the molecule is COC(=O)C1(O)C(C(=O)c2cccs2)C(c2ccccc2)NC(=S)N1C. The summed E-state index contributed by atoms with van der Waals surface area (Å²) in [5, 5.41) is 16.4. The number of thiocarbonyl (C=S) groups is 1. The summed E-state index contributed by atoms with van der Waals surface area (Å²) in [5.41, 5.74) is -1.49. The molecule has 6 nitrogen and oxygen atoms in total. The van der Waals surface area contributed by atoms with E-state index < -0.39 is 23.7 Å². The number of Topliss-reactive ketones (excluding diaryl/α,β-unsaturated/α-hetero) is 1. The molecule has 1 aliphatic heterocycles. The predicted octanol–water partition coefficient (Wildman–Crippen LogP) is 1.97. The number of carbonyl (C=O) groups excluding carboxylic acids is 2. The molecule has 1 saturated heterocycles. The molecular formula is C18H18N2O4S2. The molecule has 3 atom stereocenters. The van der Waals surface area contributed by atoms with Gasteiger partial charge in [-0.05, 0) is 29.2 Å². The minimum absolute atomic E-state index is 0.155. The Morgan fingerprint density at radius 1 is 1.27 bits per heavy atom. The number of nitrogens with zero attached hydrogens (tertiary/aromatic N) is 1. The van der Waals surface area contributed by atoms with E-state index in [-0.39, 0.29) is 10.9 Å². The lowest BCUT2D eigenvalue weighted by Gasteiger charge is -2.48.